The Morgan fingerprint density at radius 1 is 0.971 bits per heavy atom. The fourth-order valence-electron chi connectivity index (χ4n) is 3.04. The van der Waals surface area contributed by atoms with E-state index in [-0.39, 0.29) is 10.6 Å². The Labute approximate surface area is 198 Å². The Balaban J connectivity index is 1.83. The molecule has 0 aliphatic heterocycles. The standard InChI is InChI=1S/C25H25FN2O5S/c1-3-17-33-23-11-7-20(8-12-23)27-25(29)18-28(21-9-5-19(26)6-10-21)34(30,31)24-15-13-22(14-16-24)32-4-2/h3,5-16H,1,4,17-18H2,2H3,(H,27,29). The number of hydrogen-bond acceptors (Lipinski definition) is 5. The Kier molecular flexibility index (Phi) is 8.26. The maximum Gasteiger partial charge on any atom is 0.264 e. The molecule has 178 valence electrons. The summed E-state index contributed by atoms with van der Waals surface area (Å²) in [6.45, 7) is 5.67. The van der Waals surface area contributed by atoms with Gasteiger partial charge in [-0.05, 0) is 79.7 Å². The van der Waals surface area contributed by atoms with E-state index in [0.717, 1.165) is 16.4 Å². The minimum Gasteiger partial charge on any atom is -0.494 e. The minimum absolute atomic E-state index is 0.0307. The van der Waals surface area contributed by atoms with E-state index in [0.29, 0.717) is 30.4 Å². The third kappa shape index (κ3) is 6.35. The SMILES string of the molecule is C=CCOc1ccc(NC(=O)CN(c2ccc(F)cc2)S(=O)(=O)c2ccc(OCC)cc2)cc1. The molecule has 1 N–H and O–H groups in total. The van der Waals surface area contributed by atoms with E-state index in [1.54, 1.807) is 30.3 Å². The molecule has 3 aromatic rings. The molecule has 3 aromatic carbocycles. The maximum atomic E-state index is 13.5. The van der Waals surface area contributed by atoms with Gasteiger partial charge in [0.2, 0.25) is 5.91 Å². The summed E-state index contributed by atoms with van der Waals surface area (Å²) in [5.41, 5.74) is 0.618. The lowest BCUT2D eigenvalue weighted by atomic mass is 10.3. The number of nitrogens with zero attached hydrogens (tertiary/aromatic N) is 1. The molecule has 34 heavy (non-hydrogen) atoms. The molecule has 0 fully saturated rings. The summed E-state index contributed by atoms with van der Waals surface area (Å²) < 4.78 is 52.0. The van der Waals surface area contributed by atoms with Crippen LogP contribution in [0.25, 0.3) is 0 Å². The number of halogens is 1. The molecule has 9 heteroatoms. The molecule has 0 saturated heterocycles. The average molecular weight is 485 g/mol. The number of carbonyl (C=O) groups is 1. The molecule has 0 atom stereocenters. The van der Waals surface area contributed by atoms with Gasteiger partial charge in [0.15, 0.2) is 0 Å². The number of benzene rings is 3. The highest BCUT2D eigenvalue weighted by Gasteiger charge is 2.27. The van der Waals surface area contributed by atoms with Crippen LogP contribution in [0.1, 0.15) is 6.92 Å². The second-order valence-corrected chi connectivity index (χ2v) is 8.93. The van der Waals surface area contributed by atoms with Gasteiger partial charge in [0.25, 0.3) is 10.0 Å². The Hall–Kier alpha value is -3.85. The van der Waals surface area contributed by atoms with Crippen molar-refractivity contribution < 1.29 is 27.1 Å². The number of ether oxygens (including phenoxy) is 2. The third-order valence-electron chi connectivity index (χ3n) is 4.63. The summed E-state index contributed by atoms with van der Waals surface area (Å²) in [6, 6.07) is 17.4. The van der Waals surface area contributed by atoms with Crippen LogP contribution in [0, 0.1) is 5.82 Å². The highest BCUT2D eigenvalue weighted by Crippen LogP contribution is 2.26. The molecule has 0 heterocycles. The zero-order valence-electron chi connectivity index (χ0n) is 18.6. The van der Waals surface area contributed by atoms with Crippen LogP contribution in [0.5, 0.6) is 11.5 Å². The van der Waals surface area contributed by atoms with Crippen LogP contribution in [0.4, 0.5) is 15.8 Å². The smallest absolute Gasteiger partial charge is 0.264 e. The van der Waals surface area contributed by atoms with Crippen LogP contribution in [0.15, 0.2) is 90.3 Å². The second-order valence-electron chi connectivity index (χ2n) is 7.06. The van der Waals surface area contributed by atoms with Gasteiger partial charge in [-0.25, -0.2) is 12.8 Å². The maximum absolute atomic E-state index is 13.5. The Morgan fingerprint density at radius 3 is 2.15 bits per heavy atom. The first-order chi connectivity index (χ1) is 16.3. The van der Waals surface area contributed by atoms with Crippen molar-refractivity contribution in [3.63, 3.8) is 0 Å². The van der Waals surface area contributed by atoms with Gasteiger partial charge in [-0.1, -0.05) is 12.7 Å². The van der Waals surface area contributed by atoms with Crippen molar-refractivity contribution in [2.24, 2.45) is 0 Å². The topological polar surface area (TPSA) is 84.9 Å². The van der Waals surface area contributed by atoms with E-state index in [9.17, 15) is 17.6 Å². The Bertz CT molecular complexity index is 1210. The van der Waals surface area contributed by atoms with Gasteiger partial charge in [0, 0.05) is 5.69 Å². The zero-order chi connectivity index (χ0) is 24.6. The molecular formula is C25H25FN2O5S. The number of hydrogen-bond donors (Lipinski definition) is 1. The minimum atomic E-state index is -4.14. The van der Waals surface area contributed by atoms with Crippen molar-refractivity contribution in [1.82, 2.24) is 0 Å². The summed E-state index contributed by atoms with van der Waals surface area (Å²) in [7, 11) is -4.14. The van der Waals surface area contributed by atoms with Crippen molar-refractivity contribution in [1.29, 1.82) is 0 Å². The van der Waals surface area contributed by atoms with Crippen LogP contribution < -0.4 is 19.1 Å². The van der Waals surface area contributed by atoms with Crippen LogP contribution >= 0.6 is 0 Å². The van der Waals surface area contributed by atoms with Crippen molar-refractivity contribution in [2.75, 3.05) is 29.4 Å². The fraction of sp³-hybridized carbons (Fsp3) is 0.160. The van der Waals surface area contributed by atoms with Gasteiger partial charge in [-0.15, -0.1) is 0 Å². The molecular weight excluding hydrogens is 459 g/mol. The molecule has 3 rings (SSSR count). The number of anilines is 2. The molecule has 0 aliphatic rings. The second kappa shape index (κ2) is 11.3. The van der Waals surface area contributed by atoms with Gasteiger partial charge in [0.05, 0.1) is 17.2 Å². The summed E-state index contributed by atoms with van der Waals surface area (Å²) in [5.74, 6) is 0.0286. The first-order valence-electron chi connectivity index (χ1n) is 10.5. The van der Waals surface area contributed by atoms with E-state index >= 15 is 0 Å². The van der Waals surface area contributed by atoms with E-state index < -0.39 is 28.3 Å². The predicted octanol–water partition coefficient (Wildman–Crippen LogP) is 4.62. The third-order valence-corrected chi connectivity index (χ3v) is 6.42. The normalized spacial score (nSPS) is 10.9. The Morgan fingerprint density at radius 2 is 1.56 bits per heavy atom. The summed E-state index contributed by atoms with van der Waals surface area (Å²) >= 11 is 0. The van der Waals surface area contributed by atoms with Crippen LogP contribution in [-0.2, 0) is 14.8 Å². The van der Waals surface area contributed by atoms with Crippen molar-refractivity contribution in [3.8, 4) is 11.5 Å². The first-order valence-corrected chi connectivity index (χ1v) is 11.9. The molecule has 0 radical (unpaired) electrons. The molecule has 0 aromatic heterocycles. The molecule has 1 amide bonds. The molecule has 0 unspecified atom stereocenters. The van der Waals surface area contributed by atoms with Gasteiger partial charge >= 0.3 is 0 Å². The molecule has 0 spiro atoms. The highest BCUT2D eigenvalue weighted by molar-refractivity contribution is 7.92. The fourth-order valence-corrected chi connectivity index (χ4v) is 4.47. The number of rotatable bonds is 11. The van der Waals surface area contributed by atoms with Crippen LogP contribution in [0.2, 0.25) is 0 Å². The highest BCUT2D eigenvalue weighted by atomic mass is 32.2. The van der Waals surface area contributed by atoms with E-state index in [4.69, 9.17) is 9.47 Å². The molecule has 7 nitrogen and oxygen atoms in total. The number of sulfonamides is 1. The summed E-state index contributed by atoms with van der Waals surface area (Å²) in [4.78, 5) is 12.8. The van der Waals surface area contributed by atoms with Gasteiger partial charge in [-0.2, -0.15) is 0 Å². The van der Waals surface area contributed by atoms with Gasteiger partial charge in [0.1, 0.15) is 30.5 Å². The van der Waals surface area contributed by atoms with E-state index in [2.05, 4.69) is 11.9 Å². The lowest BCUT2D eigenvalue weighted by molar-refractivity contribution is -0.114. The van der Waals surface area contributed by atoms with Crippen molar-refractivity contribution in [3.05, 3.63) is 91.3 Å². The van der Waals surface area contributed by atoms with Crippen molar-refractivity contribution in [2.45, 2.75) is 11.8 Å². The first kappa shape index (κ1) is 24.8. The molecule has 0 aliphatic carbocycles. The molecule has 0 bridgehead atoms. The van der Waals surface area contributed by atoms with E-state index in [1.165, 1.54) is 36.4 Å². The van der Waals surface area contributed by atoms with Crippen molar-refractivity contribution >= 4 is 27.3 Å². The van der Waals surface area contributed by atoms with Crippen LogP contribution in [-0.4, -0.2) is 34.1 Å². The summed E-state index contributed by atoms with van der Waals surface area (Å²) in [6.07, 6.45) is 1.62. The predicted molar refractivity (Wildman–Crippen MR) is 129 cm³/mol. The zero-order valence-corrected chi connectivity index (χ0v) is 19.4. The van der Waals surface area contributed by atoms with E-state index in [1.807, 2.05) is 6.92 Å². The summed E-state index contributed by atoms with van der Waals surface area (Å²) in [5, 5.41) is 2.67. The lowest BCUT2D eigenvalue weighted by Gasteiger charge is -2.24. The largest absolute Gasteiger partial charge is 0.494 e. The lowest BCUT2D eigenvalue weighted by Crippen LogP contribution is -2.38. The van der Waals surface area contributed by atoms with Gasteiger partial charge in [-0.3, -0.25) is 9.10 Å². The molecule has 0 saturated carbocycles. The number of amides is 1. The number of carbonyl (C=O) groups excluding carboxylic acids is 1. The quantitative estimate of drug-likeness (QED) is 0.402. The van der Waals surface area contributed by atoms with Gasteiger partial charge < -0.3 is 14.8 Å². The van der Waals surface area contributed by atoms with Crippen LogP contribution in [0.3, 0.4) is 0 Å². The monoisotopic (exact) mass is 484 g/mol. The average Bonchev–Trinajstić information content (AvgIpc) is 2.83. The number of nitrogens with one attached hydrogen (secondary N) is 1.